The van der Waals surface area contributed by atoms with E-state index in [1.807, 2.05) is 91.2 Å². The Bertz CT molecular complexity index is 1580. The van der Waals surface area contributed by atoms with Crippen LogP contribution < -0.4 is 9.47 Å². The molecule has 0 bridgehead atoms. The summed E-state index contributed by atoms with van der Waals surface area (Å²) in [7, 11) is 0. The third kappa shape index (κ3) is 6.04. The maximum atomic E-state index is 11.7. The molecule has 0 radical (unpaired) electrons. The van der Waals surface area contributed by atoms with Gasteiger partial charge in [0.2, 0.25) is 6.54 Å². The first-order valence-electron chi connectivity index (χ1n) is 12.7. The molecule has 0 aliphatic heterocycles. The molecule has 0 spiro atoms. The van der Waals surface area contributed by atoms with E-state index >= 15 is 0 Å². The second-order valence-corrected chi connectivity index (χ2v) is 10.1. The van der Waals surface area contributed by atoms with Crippen molar-refractivity contribution in [2.45, 2.75) is 30.9 Å². The molecule has 0 fully saturated rings. The Morgan fingerprint density at radius 1 is 0.923 bits per heavy atom. The minimum absolute atomic E-state index is 0.285. The van der Waals surface area contributed by atoms with Crippen molar-refractivity contribution in [1.82, 2.24) is 14.8 Å². The molecule has 198 valence electrons. The van der Waals surface area contributed by atoms with Gasteiger partial charge in [-0.15, -0.1) is 10.2 Å². The van der Waals surface area contributed by atoms with Gasteiger partial charge in [-0.1, -0.05) is 78.5 Å². The molecule has 0 amide bonds. The molecule has 9 heteroatoms. The molecule has 0 saturated carbocycles. The number of para-hydroxylation sites is 1. The van der Waals surface area contributed by atoms with E-state index in [0.717, 1.165) is 27.6 Å². The predicted octanol–water partition coefficient (Wildman–Crippen LogP) is 6.82. The second kappa shape index (κ2) is 12.0. The molecule has 1 aromatic heterocycles. The molecule has 0 N–H and O–H groups in total. The quantitative estimate of drug-likeness (QED) is 0.103. The number of nitro groups is 1. The molecule has 0 unspecified atom stereocenters. The van der Waals surface area contributed by atoms with Crippen molar-refractivity contribution in [3.05, 3.63) is 118 Å². The highest BCUT2D eigenvalue weighted by Crippen LogP contribution is 2.40. The molecule has 0 saturated heterocycles. The Labute approximate surface area is 230 Å². The van der Waals surface area contributed by atoms with Gasteiger partial charge in [0.05, 0.1) is 6.61 Å². The lowest BCUT2D eigenvalue weighted by Crippen LogP contribution is -2.11. The number of rotatable bonds is 11. The summed E-state index contributed by atoms with van der Waals surface area (Å²) in [5.41, 5.74) is 2.71. The van der Waals surface area contributed by atoms with Crippen molar-refractivity contribution in [2.75, 3.05) is 13.2 Å². The average molecular weight is 541 g/mol. The van der Waals surface area contributed by atoms with Gasteiger partial charge in [0.1, 0.15) is 17.7 Å². The van der Waals surface area contributed by atoms with E-state index in [1.54, 1.807) is 0 Å². The maximum absolute atomic E-state index is 11.7. The average Bonchev–Trinajstić information content (AvgIpc) is 3.32. The molecular formula is C30H28N4O4S. The monoisotopic (exact) mass is 540 g/mol. The van der Waals surface area contributed by atoms with Gasteiger partial charge in [-0.05, 0) is 60.0 Å². The van der Waals surface area contributed by atoms with Crippen LogP contribution in [-0.2, 0) is 6.61 Å². The fraction of sp³-hybridized carbons (Fsp3) is 0.200. The fourth-order valence-corrected chi connectivity index (χ4v) is 5.62. The van der Waals surface area contributed by atoms with Crippen LogP contribution in [0.1, 0.15) is 29.1 Å². The molecule has 1 heterocycles. The Morgan fingerprint density at radius 3 is 2.49 bits per heavy atom. The van der Waals surface area contributed by atoms with Gasteiger partial charge in [0, 0.05) is 10.6 Å². The highest BCUT2D eigenvalue weighted by Gasteiger charge is 2.25. The zero-order chi connectivity index (χ0) is 27.2. The van der Waals surface area contributed by atoms with Crippen molar-refractivity contribution in [3.63, 3.8) is 0 Å². The normalized spacial score (nSPS) is 11.8. The number of thioether (sulfide) groups is 1. The number of ether oxygens (including phenoxy) is 2. The van der Waals surface area contributed by atoms with E-state index < -0.39 is 5.25 Å². The predicted molar refractivity (Wildman–Crippen MR) is 152 cm³/mol. The lowest BCUT2D eigenvalue weighted by Gasteiger charge is -2.18. The van der Waals surface area contributed by atoms with Crippen molar-refractivity contribution >= 4 is 22.5 Å². The van der Waals surface area contributed by atoms with Gasteiger partial charge in [-0.2, -0.15) is 0 Å². The van der Waals surface area contributed by atoms with Crippen molar-refractivity contribution in [1.29, 1.82) is 0 Å². The smallest absolute Gasteiger partial charge is 0.220 e. The van der Waals surface area contributed by atoms with Crippen LogP contribution in [0.5, 0.6) is 11.5 Å². The summed E-state index contributed by atoms with van der Waals surface area (Å²) < 4.78 is 14.0. The van der Waals surface area contributed by atoms with E-state index in [4.69, 9.17) is 9.47 Å². The molecule has 0 aliphatic carbocycles. The van der Waals surface area contributed by atoms with Gasteiger partial charge < -0.3 is 9.47 Å². The van der Waals surface area contributed by atoms with E-state index in [1.165, 1.54) is 11.8 Å². The Kier molecular flexibility index (Phi) is 8.07. The molecule has 5 rings (SSSR count). The van der Waals surface area contributed by atoms with Crippen molar-refractivity contribution < 1.29 is 14.4 Å². The van der Waals surface area contributed by atoms with Crippen molar-refractivity contribution in [3.8, 4) is 17.2 Å². The number of nitrogens with zero attached hydrogens (tertiary/aromatic N) is 4. The lowest BCUT2D eigenvalue weighted by molar-refractivity contribution is -0.479. The summed E-state index contributed by atoms with van der Waals surface area (Å²) in [5, 5.41) is 22.6. The third-order valence-corrected chi connectivity index (χ3v) is 7.46. The summed E-state index contributed by atoms with van der Waals surface area (Å²) in [6.45, 7) is 4.28. The summed E-state index contributed by atoms with van der Waals surface area (Å²) >= 11 is 1.31. The molecule has 0 aliphatic rings. The molecular weight excluding hydrogens is 512 g/mol. The standard InChI is InChI=1S/C30H28N4O4S/c1-3-37-28-18-23(16-17-27(28)38-20-24-12-9-11-22-10-7-8-15-26(22)24)29(19-33(35)36)39-30-32-31-21(2)34(30)25-13-5-4-6-14-25/h4-18,29H,3,19-20H2,1-2H3/t29-/m0/s1. The zero-order valence-corrected chi connectivity index (χ0v) is 22.5. The van der Waals surface area contributed by atoms with Crippen LogP contribution in [0.4, 0.5) is 0 Å². The second-order valence-electron chi connectivity index (χ2n) is 8.89. The van der Waals surface area contributed by atoms with E-state index in [9.17, 15) is 10.1 Å². The number of hydrogen-bond donors (Lipinski definition) is 0. The van der Waals surface area contributed by atoms with Crippen LogP contribution in [0.2, 0.25) is 0 Å². The van der Waals surface area contributed by atoms with Gasteiger partial charge in [0.15, 0.2) is 16.7 Å². The van der Waals surface area contributed by atoms with E-state index in [0.29, 0.717) is 35.7 Å². The van der Waals surface area contributed by atoms with Crippen LogP contribution in [0.25, 0.3) is 16.5 Å². The van der Waals surface area contributed by atoms with Crippen LogP contribution >= 0.6 is 11.8 Å². The molecule has 4 aromatic carbocycles. The van der Waals surface area contributed by atoms with E-state index in [-0.39, 0.29) is 11.5 Å². The maximum Gasteiger partial charge on any atom is 0.220 e. The summed E-state index contributed by atoms with van der Waals surface area (Å²) in [6, 6.07) is 29.6. The summed E-state index contributed by atoms with van der Waals surface area (Å²) in [6.07, 6.45) is 0. The van der Waals surface area contributed by atoms with Crippen molar-refractivity contribution in [2.24, 2.45) is 0 Å². The fourth-order valence-electron chi connectivity index (χ4n) is 4.45. The first kappa shape index (κ1) is 26.2. The first-order chi connectivity index (χ1) is 19.0. The highest BCUT2D eigenvalue weighted by molar-refractivity contribution is 7.99. The first-order valence-corrected chi connectivity index (χ1v) is 13.5. The Hall–Kier alpha value is -4.37. The molecule has 8 nitrogen and oxygen atoms in total. The number of fused-ring (bicyclic) bond motifs is 1. The number of benzene rings is 4. The number of aromatic nitrogens is 3. The number of aryl methyl sites for hydroxylation is 1. The van der Waals surface area contributed by atoms with Gasteiger partial charge in [0.25, 0.3) is 0 Å². The molecule has 39 heavy (non-hydrogen) atoms. The minimum atomic E-state index is -0.516. The zero-order valence-electron chi connectivity index (χ0n) is 21.7. The van der Waals surface area contributed by atoms with Gasteiger partial charge >= 0.3 is 0 Å². The number of hydrogen-bond acceptors (Lipinski definition) is 7. The largest absolute Gasteiger partial charge is 0.490 e. The third-order valence-electron chi connectivity index (χ3n) is 6.27. The minimum Gasteiger partial charge on any atom is -0.490 e. The Morgan fingerprint density at radius 2 is 1.69 bits per heavy atom. The lowest BCUT2D eigenvalue weighted by atomic mass is 10.1. The summed E-state index contributed by atoms with van der Waals surface area (Å²) in [4.78, 5) is 11.4. The van der Waals surface area contributed by atoms with Crippen LogP contribution in [0.3, 0.4) is 0 Å². The molecule has 1 atom stereocenters. The molecule has 5 aromatic rings. The van der Waals surface area contributed by atoms with Crippen LogP contribution in [-0.4, -0.2) is 32.8 Å². The van der Waals surface area contributed by atoms with E-state index in [2.05, 4.69) is 28.4 Å². The Balaban J connectivity index is 1.43. The highest BCUT2D eigenvalue weighted by atomic mass is 32.2. The van der Waals surface area contributed by atoms with Gasteiger partial charge in [-0.3, -0.25) is 14.7 Å². The topological polar surface area (TPSA) is 92.3 Å². The van der Waals surface area contributed by atoms with Crippen LogP contribution in [0.15, 0.2) is 96.2 Å². The summed E-state index contributed by atoms with van der Waals surface area (Å²) in [5.74, 6) is 1.84. The van der Waals surface area contributed by atoms with Crippen LogP contribution in [0, 0.1) is 17.0 Å². The van der Waals surface area contributed by atoms with Gasteiger partial charge in [-0.25, -0.2) is 0 Å². The SMILES string of the molecule is CCOc1cc([C@H](C[N+](=O)[O-])Sc2nnc(C)n2-c2ccccc2)ccc1OCc1cccc2ccccc12.